The summed E-state index contributed by atoms with van der Waals surface area (Å²) in [7, 11) is -3.90. The molecule has 5 nitrogen and oxygen atoms in total. The zero-order valence-electron chi connectivity index (χ0n) is 10.7. The predicted molar refractivity (Wildman–Crippen MR) is 69.4 cm³/mol. The molecule has 1 rings (SSSR count). The van der Waals surface area contributed by atoms with Crippen LogP contribution in [0.25, 0.3) is 0 Å². The maximum absolute atomic E-state index is 11.8. The molecule has 0 aliphatic heterocycles. The molecule has 0 spiro atoms. The zero-order valence-corrected chi connectivity index (χ0v) is 12.2. The van der Waals surface area contributed by atoms with Crippen LogP contribution < -0.4 is 4.72 Å². The first-order valence-corrected chi connectivity index (χ1v) is 7.55. The van der Waals surface area contributed by atoms with Crippen molar-refractivity contribution in [3.63, 3.8) is 0 Å². The molecular weight excluding hydrogens is 335 g/mol. The molecule has 0 aliphatic carbocycles. The molecule has 0 saturated carbocycles. The lowest BCUT2D eigenvalue weighted by Gasteiger charge is -2.10. The third-order valence-corrected chi connectivity index (χ3v) is 4.12. The van der Waals surface area contributed by atoms with Gasteiger partial charge in [-0.2, -0.15) is 13.2 Å². The van der Waals surface area contributed by atoms with Gasteiger partial charge in [0.05, 0.1) is 18.1 Å². The van der Waals surface area contributed by atoms with Crippen molar-refractivity contribution >= 4 is 21.6 Å². The van der Waals surface area contributed by atoms with E-state index < -0.39 is 29.4 Å². The monoisotopic (exact) mass is 347 g/mol. The minimum Gasteiger partial charge on any atom is -0.392 e. The number of aliphatic hydroxyl groups excluding tert-OH is 1. The maximum Gasteiger partial charge on any atom is 0.411 e. The van der Waals surface area contributed by atoms with Crippen molar-refractivity contribution in [2.75, 3.05) is 19.8 Å². The van der Waals surface area contributed by atoms with Crippen LogP contribution in [-0.4, -0.2) is 39.5 Å². The number of hydrogen-bond acceptors (Lipinski definition) is 4. The lowest BCUT2D eigenvalue weighted by molar-refractivity contribution is -0.173. The highest BCUT2D eigenvalue weighted by atomic mass is 35.5. The Morgan fingerprint density at radius 2 is 2.00 bits per heavy atom. The Morgan fingerprint density at radius 1 is 1.33 bits per heavy atom. The van der Waals surface area contributed by atoms with Crippen LogP contribution in [0.4, 0.5) is 13.2 Å². The Morgan fingerprint density at radius 3 is 2.52 bits per heavy atom. The summed E-state index contributed by atoms with van der Waals surface area (Å²) in [6.07, 6.45) is -4.45. The van der Waals surface area contributed by atoms with Gasteiger partial charge in [-0.25, -0.2) is 13.1 Å². The van der Waals surface area contributed by atoms with E-state index in [1.165, 1.54) is 12.1 Å². The lowest BCUT2D eigenvalue weighted by atomic mass is 10.2. The molecule has 1 aromatic rings. The standard InChI is InChI=1S/C11H13ClF3NO4S/c12-10-5-9(2-1-8(10)6-17)21(18,19)16-3-4-20-7-11(13,14)15/h1-2,5,16-17H,3-4,6-7H2. The number of aliphatic hydroxyl groups is 1. The van der Waals surface area contributed by atoms with Crippen LogP contribution in [0.5, 0.6) is 0 Å². The van der Waals surface area contributed by atoms with Crippen molar-refractivity contribution in [2.24, 2.45) is 0 Å². The minimum absolute atomic E-state index is 0.0775. The second-order valence-electron chi connectivity index (χ2n) is 3.98. The van der Waals surface area contributed by atoms with E-state index in [9.17, 15) is 21.6 Å². The third kappa shape index (κ3) is 6.18. The molecule has 0 saturated heterocycles. The molecule has 0 aromatic heterocycles. The van der Waals surface area contributed by atoms with Gasteiger partial charge >= 0.3 is 6.18 Å². The number of halogens is 4. The van der Waals surface area contributed by atoms with E-state index in [4.69, 9.17) is 16.7 Å². The first kappa shape index (κ1) is 18.2. The third-order valence-electron chi connectivity index (χ3n) is 2.31. The second-order valence-corrected chi connectivity index (χ2v) is 6.15. The summed E-state index contributed by atoms with van der Waals surface area (Å²) in [4.78, 5) is -0.152. The van der Waals surface area contributed by atoms with Crippen molar-refractivity contribution in [2.45, 2.75) is 17.7 Å². The van der Waals surface area contributed by atoms with Crippen LogP contribution in [-0.2, 0) is 21.4 Å². The van der Waals surface area contributed by atoms with Crippen molar-refractivity contribution in [3.05, 3.63) is 28.8 Å². The number of sulfonamides is 1. The number of rotatable bonds is 7. The minimum atomic E-state index is -4.45. The number of alkyl halides is 3. The Kier molecular flexibility index (Phi) is 6.41. The summed E-state index contributed by atoms with van der Waals surface area (Å²) < 4.78 is 65.4. The molecule has 21 heavy (non-hydrogen) atoms. The second kappa shape index (κ2) is 7.41. The fourth-order valence-electron chi connectivity index (χ4n) is 1.34. The molecule has 0 fully saturated rings. The van der Waals surface area contributed by atoms with Crippen LogP contribution in [0.1, 0.15) is 5.56 Å². The molecule has 10 heteroatoms. The largest absolute Gasteiger partial charge is 0.411 e. The Bertz CT molecular complexity index is 577. The van der Waals surface area contributed by atoms with Crippen molar-refractivity contribution in [1.82, 2.24) is 4.72 Å². The van der Waals surface area contributed by atoms with Crippen molar-refractivity contribution < 1.29 is 31.4 Å². The van der Waals surface area contributed by atoms with Crippen molar-refractivity contribution in [1.29, 1.82) is 0 Å². The molecular formula is C11H13ClF3NO4S. The highest BCUT2D eigenvalue weighted by Gasteiger charge is 2.27. The number of benzene rings is 1. The van der Waals surface area contributed by atoms with Crippen LogP contribution in [0, 0.1) is 0 Å². The molecule has 0 atom stereocenters. The van der Waals surface area contributed by atoms with Gasteiger partial charge in [0.2, 0.25) is 10.0 Å². The van der Waals surface area contributed by atoms with E-state index in [-0.39, 0.29) is 23.1 Å². The molecule has 0 radical (unpaired) electrons. The number of ether oxygens (including phenoxy) is 1. The molecule has 0 unspecified atom stereocenters. The SMILES string of the molecule is O=S(=O)(NCCOCC(F)(F)F)c1ccc(CO)c(Cl)c1. The van der Waals surface area contributed by atoms with Gasteiger partial charge in [0.1, 0.15) is 6.61 Å². The molecule has 120 valence electrons. The van der Waals surface area contributed by atoms with E-state index in [0.29, 0.717) is 5.56 Å². The summed E-state index contributed by atoms with van der Waals surface area (Å²) in [5.74, 6) is 0. The predicted octanol–water partition coefficient (Wildman–Crippen LogP) is 1.69. The van der Waals surface area contributed by atoms with Gasteiger partial charge in [0.25, 0.3) is 0 Å². The molecule has 1 aromatic carbocycles. The molecule has 0 heterocycles. The Labute approximate surface area is 124 Å². The first-order valence-electron chi connectivity index (χ1n) is 5.69. The fraction of sp³-hybridized carbons (Fsp3) is 0.455. The molecule has 0 bridgehead atoms. The van der Waals surface area contributed by atoms with Crippen LogP contribution in [0.3, 0.4) is 0 Å². The molecule has 0 amide bonds. The van der Waals surface area contributed by atoms with Crippen molar-refractivity contribution in [3.8, 4) is 0 Å². The summed E-state index contributed by atoms with van der Waals surface area (Å²) in [5, 5.41) is 9.00. The Balaban J connectivity index is 2.56. The normalized spacial score (nSPS) is 12.6. The van der Waals surface area contributed by atoms with E-state index in [1.807, 2.05) is 0 Å². The summed E-state index contributed by atoms with van der Waals surface area (Å²) in [6, 6.07) is 3.72. The van der Waals surface area contributed by atoms with E-state index in [0.717, 1.165) is 6.07 Å². The van der Waals surface area contributed by atoms with Gasteiger partial charge in [-0.1, -0.05) is 17.7 Å². The number of hydrogen-bond donors (Lipinski definition) is 2. The maximum atomic E-state index is 11.8. The van der Waals surface area contributed by atoms with Gasteiger partial charge in [0, 0.05) is 11.6 Å². The van der Waals surface area contributed by atoms with Gasteiger partial charge in [-0.05, 0) is 17.7 Å². The summed E-state index contributed by atoms with van der Waals surface area (Å²) in [5.41, 5.74) is 0.365. The first-order chi connectivity index (χ1) is 9.65. The van der Waals surface area contributed by atoms with E-state index in [1.54, 1.807) is 0 Å². The quantitative estimate of drug-likeness (QED) is 0.736. The van der Waals surface area contributed by atoms with Gasteiger partial charge in [0.15, 0.2) is 0 Å². The van der Waals surface area contributed by atoms with Crippen LogP contribution in [0.15, 0.2) is 23.1 Å². The number of nitrogens with one attached hydrogen (secondary N) is 1. The summed E-state index contributed by atoms with van der Waals surface area (Å²) >= 11 is 5.77. The Hall–Kier alpha value is -0.870. The van der Waals surface area contributed by atoms with Crippen LogP contribution in [0.2, 0.25) is 5.02 Å². The fourth-order valence-corrected chi connectivity index (χ4v) is 2.69. The van der Waals surface area contributed by atoms with E-state index in [2.05, 4.69) is 9.46 Å². The van der Waals surface area contributed by atoms with Gasteiger partial charge in [-0.3, -0.25) is 0 Å². The van der Waals surface area contributed by atoms with Gasteiger partial charge < -0.3 is 9.84 Å². The molecule has 2 N–H and O–H groups in total. The molecule has 0 aliphatic rings. The van der Waals surface area contributed by atoms with Gasteiger partial charge in [-0.15, -0.1) is 0 Å². The average Bonchev–Trinajstić information content (AvgIpc) is 2.36. The highest BCUT2D eigenvalue weighted by molar-refractivity contribution is 7.89. The highest BCUT2D eigenvalue weighted by Crippen LogP contribution is 2.20. The topological polar surface area (TPSA) is 75.6 Å². The smallest absolute Gasteiger partial charge is 0.392 e. The average molecular weight is 348 g/mol. The van der Waals surface area contributed by atoms with E-state index >= 15 is 0 Å². The lowest BCUT2D eigenvalue weighted by Crippen LogP contribution is -2.29. The zero-order chi connectivity index (χ0) is 16.1. The van der Waals surface area contributed by atoms with Crippen LogP contribution >= 0.6 is 11.6 Å². The summed E-state index contributed by atoms with van der Waals surface area (Å²) in [6.45, 7) is -2.50.